The van der Waals surface area contributed by atoms with Gasteiger partial charge in [0, 0.05) is 48.7 Å². The summed E-state index contributed by atoms with van der Waals surface area (Å²) in [5.41, 5.74) is 2.75. The van der Waals surface area contributed by atoms with Gasteiger partial charge in [-0.15, -0.1) is 0 Å². The molecule has 6 heteroatoms. The van der Waals surface area contributed by atoms with Gasteiger partial charge >= 0.3 is 0 Å². The second-order valence-corrected chi connectivity index (χ2v) is 10.4. The lowest BCUT2D eigenvalue weighted by Crippen LogP contribution is -2.22. The number of hydrogen-bond acceptors (Lipinski definition) is 5. The Balaban J connectivity index is 2.09. The number of benzene rings is 2. The zero-order valence-electron chi connectivity index (χ0n) is 18.0. The second kappa shape index (κ2) is 9.92. The van der Waals surface area contributed by atoms with Gasteiger partial charge in [0.15, 0.2) is 0 Å². The molecule has 0 saturated carbocycles. The minimum absolute atomic E-state index is 0.255. The lowest BCUT2D eigenvalue weighted by Gasteiger charge is -2.30. The summed E-state index contributed by atoms with van der Waals surface area (Å²) >= 11 is 0. The van der Waals surface area contributed by atoms with Crippen LogP contribution in [0.2, 0.25) is 0 Å². The van der Waals surface area contributed by atoms with E-state index in [4.69, 9.17) is 4.52 Å². The Kier molecular flexibility index (Phi) is 7.30. The van der Waals surface area contributed by atoms with E-state index < -0.39 is 13.2 Å². The highest BCUT2D eigenvalue weighted by molar-refractivity contribution is 7.67. The minimum Gasteiger partial charge on any atom is -0.378 e. The summed E-state index contributed by atoms with van der Waals surface area (Å²) in [4.78, 5) is 6.28. The van der Waals surface area contributed by atoms with Gasteiger partial charge < -0.3 is 14.7 Å². The van der Waals surface area contributed by atoms with Crippen molar-refractivity contribution in [3.8, 4) is 0 Å². The minimum atomic E-state index is -3.34. The predicted molar refractivity (Wildman–Crippen MR) is 126 cm³/mol. The quantitative estimate of drug-likeness (QED) is 0.458. The molecule has 0 bridgehead atoms. The molecule has 1 aromatic heterocycles. The number of aromatic nitrogens is 1. The monoisotopic (exact) mass is 423 g/mol. The van der Waals surface area contributed by atoms with E-state index >= 15 is 0 Å². The first-order valence-corrected chi connectivity index (χ1v) is 11.8. The second-order valence-electron chi connectivity index (χ2n) is 7.90. The topological polar surface area (TPSA) is 54.5 Å². The van der Waals surface area contributed by atoms with Crippen molar-refractivity contribution >= 4 is 24.0 Å². The lowest BCUT2D eigenvalue weighted by atomic mass is 10.2. The van der Waals surface area contributed by atoms with Crippen LogP contribution in [0.4, 0.5) is 11.4 Å². The third-order valence-electron chi connectivity index (χ3n) is 4.74. The Labute approximate surface area is 179 Å². The van der Waals surface area contributed by atoms with Gasteiger partial charge in [0.1, 0.15) is 5.78 Å². The predicted octanol–water partition coefficient (Wildman–Crippen LogP) is 5.53. The number of para-hydroxylation sites is 1. The van der Waals surface area contributed by atoms with Crippen molar-refractivity contribution in [3.63, 3.8) is 0 Å². The summed E-state index contributed by atoms with van der Waals surface area (Å²) in [6.45, 7) is 4.52. The molecule has 0 fully saturated rings. The van der Waals surface area contributed by atoms with Crippen LogP contribution in [0.25, 0.3) is 0 Å². The highest BCUT2D eigenvalue weighted by Crippen LogP contribution is 2.59. The molecule has 0 aliphatic rings. The van der Waals surface area contributed by atoms with Gasteiger partial charge in [0.25, 0.3) is 7.37 Å². The molecule has 30 heavy (non-hydrogen) atoms. The summed E-state index contributed by atoms with van der Waals surface area (Å²) in [5.74, 6) is -0.303. The first kappa shape index (κ1) is 22.1. The SMILES string of the molecule is CC(C)CO[P@@](=O)(c1ccc(N(C)C)cc1)[C@@H](Nc1ccccc1)c1cccnc1. The van der Waals surface area contributed by atoms with Crippen molar-refractivity contribution in [2.45, 2.75) is 19.6 Å². The molecular formula is C24H30N3O2P. The van der Waals surface area contributed by atoms with Gasteiger partial charge in [0.05, 0.1) is 6.61 Å². The molecule has 0 aliphatic heterocycles. The fourth-order valence-corrected chi connectivity index (χ4v) is 5.66. The van der Waals surface area contributed by atoms with Gasteiger partial charge in [-0.25, -0.2) is 0 Å². The van der Waals surface area contributed by atoms with Crippen LogP contribution >= 0.6 is 7.37 Å². The first-order chi connectivity index (χ1) is 14.4. The van der Waals surface area contributed by atoms with Crippen LogP contribution in [0.5, 0.6) is 0 Å². The van der Waals surface area contributed by atoms with E-state index in [1.165, 1.54) is 0 Å². The third kappa shape index (κ3) is 5.29. The van der Waals surface area contributed by atoms with E-state index in [0.717, 1.165) is 16.9 Å². The van der Waals surface area contributed by atoms with Crippen molar-refractivity contribution in [2.75, 3.05) is 30.9 Å². The van der Waals surface area contributed by atoms with E-state index in [9.17, 15) is 4.57 Å². The van der Waals surface area contributed by atoms with Crippen LogP contribution in [0, 0.1) is 5.92 Å². The van der Waals surface area contributed by atoms with Crippen LogP contribution < -0.4 is 15.5 Å². The molecule has 0 amide bonds. The molecule has 0 spiro atoms. The molecule has 3 aromatic rings. The highest BCUT2D eigenvalue weighted by Gasteiger charge is 2.38. The fourth-order valence-electron chi connectivity index (χ4n) is 3.11. The Morgan fingerprint density at radius 3 is 2.27 bits per heavy atom. The summed E-state index contributed by atoms with van der Waals surface area (Å²) in [6.07, 6.45) is 3.47. The smallest absolute Gasteiger partial charge is 0.258 e. The van der Waals surface area contributed by atoms with Crippen LogP contribution in [0.1, 0.15) is 25.2 Å². The number of nitrogens with one attached hydrogen (secondary N) is 1. The van der Waals surface area contributed by atoms with E-state index in [0.29, 0.717) is 11.9 Å². The third-order valence-corrected chi connectivity index (χ3v) is 7.40. The highest BCUT2D eigenvalue weighted by atomic mass is 31.2. The summed E-state index contributed by atoms with van der Waals surface area (Å²) < 4.78 is 20.8. The summed E-state index contributed by atoms with van der Waals surface area (Å²) in [7, 11) is 0.628. The normalized spacial score (nSPS) is 14.2. The summed E-state index contributed by atoms with van der Waals surface area (Å²) in [5, 5.41) is 4.14. The molecule has 0 unspecified atom stereocenters. The molecule has 3 rings (SSSR count). The van der Waals surface area contributed by atoms with Crippen molar-refractivity contribution in [2.24, 2.45) is 5.92 Å². The van der Waals surface area contributed by atoms with Crippen LogP contribution in [0.3, 0.4) is 0 Å². The summed E-state index contributed by atoms with van der Waals surface area (Å²) in [6, 6.07) is 21.4. The molecule has 158 valence electrons. The molecule has 5 nitrogen and oxygen atoms in total. The fraction of sp³-hybridized carbons (Fsp3) is 0.292. The van der Waals surface area contributed by atoms with Crippen LogP contribution in [-0.2, 0) is 9.09 Å². The Hall–Kier alpha value is -2.62. The Morgan fingerprint density at radius 2 is 1.70 bits per heavy atom. The van der Waals surface area contributed by atoms with Gasteiger partial charge in [-0.3, -0.25) is 9.55 Å². The zero-order valence-corrected chi connectivity index (χ0v) is 18.9. The van der Waals surface area contributed by atoms with Crippen molar-refractivity contribution in [3.05, 3.63) is 84.7 Å². The van der Waals surface area contributed by atoms with Gasteiger partial charge in [-0.2, -0.15) is 0 Å². The molecule has 1 N–H and O–H groups in total. The molecular weight excluding hydrogens is 393 g/mol. The van der Waals surface area contributed by atoms with Crippen molar-refractivity contribution < 1.29 is 9.09 Å². The number of nitrogens with zero attached hydrogens (tertiary/aromatic N) is 2. The van der Waals surface area contributed by atoms with E-state index in [-0.39, 0.29) is 5.92 Å². The number of pyridine rings is 1. The maximum Gasteiger partial charge on any atom is 0.258 e. The standard InChI is InChI=1S/C24H30N3O2P/c1-19(2)18-29-30(28,23-14-12-22(13-15-23)27(3)4)24(20-9-8-16-25-17-20)26-21-10-6-5-7-11-21/h5-17,19,24,26H,18H2,1-4H3/t24-,30+/m1/s1. The maximum atomic E-state index is 14.6. The van der Waals surface area contributed by atoms with Crippen molar-refractivity contribution in [1.29, 1.82) is 0 Å². The first-order valence-electron chi connectivity index (χ1n) is 10.1. The Morgan fingerprint density at radius 1 is 1.00 bits per heavy atom. The maximum absolute atomic E-state index is 14.6. The zero-order chi connectivity index (χ0) is 21.6. The van der Waals surface area contributed by atoms with Gasteiger partial charge in [-0.1, -0.05) is 38.1 Å². The van der Waals surface area contributed by atoms with Gasteiger partial charge in [0.2, 0.25) is 0 Å². The molecule has 2 aromatic carbocycles. The average molecular weight is 423 g/mol. The molecule has 0 saturated heterocycles. The average Bonchev–Trinajstić information content (AvgIpc) is 2.77. The number of rotatable bonds is 9. The molecule has 1 heterocycles. The molecule has 0 aliphatic carbocycles. The van der Waals surface area contributed by atoms with Crippen LogP contribution in [0.15, 0.2) is 79.1 Å². The van der Waals surface area contributed by atoms with E-state index in [2.05, 4.69) is 24.1 Å². The van der Waals surface area contributed by atoms with Crippen LogP contribution in [-0.4, -0.2) is 25.7 Å². The number of anilines is 2. The molecule has 0 radical (unpaired) electrons. The lowest BCUT2D eigenvalue weighted by molar-refractivity contribution is 0.272. The Bertz CT molecular complexity index is 961. The van der Waals surface area contributed by atoms with Gasteiger partial charge in [-0.05, 0) is 48.4 Å². The van der Waals surface area contributed by atoms with Crippen molar-refractivity contribution in [1.82, 2.24) is 4.98 Å². The number of hydrogen-bond donors (Lipinski definition) is 1. The van der Waals surface area contributed by atoms with E-state index in [1.54, 1.807) is 12.4 Å². The largest absolute Gasteiger partial charge is 0.378 e. The van der Waals surface area contributed by atoms with E-state index in [1.807, 2.05) is 85.7 Å². The molecule has 2 atom stereocenters.